The van der Waals surface area contributed by atoms with Gasteiger partial charge in [-0.15, -0.1) is 5.10 Å². The van der Waals surface area contributed by atoms with Crippen molar-refractivity contribution in [2.45, 2.75) is 13.8 Å². The van der Waals surface area contributed by atoms with Crippen LogP contribution in [0, 0.1) is 0 Å². The van der Waals surface area contributed by atoms with Gasteiger partial charge >= 0.3 is 0 Å². The minimum Gasteiger partial charge on any atom is -0.369 e. The van der Waals surface area contributed by atoms with Crippen LogP contribution in [0.1, 0.15) is 45.7 Å². The van der Waals surface area contributed by atoms with Crippen molar-refractivity contribution in [3.05, 3.63) is 70.8 Å². The molecule has 0 saturated heterocycles. The van der Waals surface area contributed by atoms with Crippen molar-refractivity contribution in [2.24, 2.45) is 26.8 Å². The second-order valence-electron chi connectivity index (χ2n) is 6.80. The van der Waals surface area contributed by atoms with E-state index in [9.17, 15) is 9.59 Å². The number of hydrazone groups is 1. The van der Waals surface area contributed by atoms with E-state index in [0.29, 0.717) is 23.4 Å². The molecule has 0 atom stereocenters. The maximum Gasteiger partial charge on any atom is 0.251 e. The van der Waals surface area contributed by atoms with Gasteiger partial charge in [-0.2, -0.15) is 10.2 Å². The number of hydrogen-bond acceptors (Lipinski definition) is 6. The fraction of sp³-hybridized carbons (Fsp3) is 0.227. The van der Waals surface area contributed by atoms with Crippen LogP contribution in [0.4, 0.5) is 0 Å². The fourth-order valence-corrected chi connectivity index (χ4v) is 2.73. The highest BCUT2D eigenvalue weighted by Crippen LogP contribution is 2.07. The van der Waals surface area contributed by atoms with E-state index >= 15 is 0 Å². The Morgan fingerprint density at radius 3 is 1.94 bits per heavy atom. The topological polar surface area (TPSA) is 159 Å². The molecule has 0 unspecified atom stereocenters. The molecule has 0 fully saturated rings. The van der Waals surface area contributed by atoms with Crippen LogP contribution in [-0.2, 0) is 0 Å². The summed E-state index contributed by atoms with van der Waals surface area (Å²) in [5, 5.41) is 17.2. The van der Waals surface area contributed by atoms with Gasteiger partial charge in [-0.3, -0.25) is 9.59 Å². The van der Waals surface area contributed by atoms with Crippen LogP contribution < -0.4 is 27.5 Å². The minimum absolute atomic E-state index is 0.127. The summed E-state index contributed by atoms with van der Waals surface area (Å²) < 4.78 is 0. The minimum atomic E-state index is -0.245. The summed E-state index contributed by atoms with van der Waals surface area (Å²) in [6.07, 6.45) is 0. The number of nitrogens with zero attached hydrogens (tertiary/aromatic N) is 3. The molecule has 2 amide bonds. The van der Waals surface area contributed by atoms with Crippen LogP contribution in [0.25, 0.3) is 0 Å². The summed E-state index contributed by atoms with van der Waals surface area (Å²) in [5.74, 6) is -0.596. The van der Waals surface area contributed by atoms with Gasteiger partial charge in [0.25, 0.3) is 11.8 Å². The van der Waals surface area contributed by atoms with Crippen LogP contribution in [0.5, 0.6) is 0 Å². The van der Waals surface area contributed by atoms with Gasteiger partial charge in [0.1, 0.15) is 0 Å². The highest BCUT2D eigenvalue weighted by atomic mass is 16.2. The lowest BCUT2D eigenvalue weighted by Crippen LogP contribution is -2.34. The number of benzene rings is 2. The van der Waals surface area contributed by atoms with E-state index in [1.807, 2.05) is 13.0 Å². The third-order valence-corrected chi connectivity index (χ3v) is 4.40. The SMILES string of the molecule is CN/N=C(\C)c1cccc(C(=O)NCCNC(=O)c2ccc(/C(C)=N/N=C(N)N)cc2)c1. The van der Waals surface area contributed by atoms with Crippen LogP contribution >= 0.6 is 0 Å². The highest BCUT2D eigenvalue weighted by molar-refractivity contribution is 6.02. The summed E-state index contributed by atoms with van der Waals surface area (Å²) >= 11 is 0. The van der Waals surface area contributed by atoms with Gasteiger partial charge in [-0.1, -0.05) is 24.3 Å². The van der Waals surface area contributed by atoms with E-state index < -0.39 is 0 Å². The van der Waals surface area contributed by atoms with Gasteiger partial charge in [0.05, 0.1) is 11.4 Å². The molecule has 0 spiro atoms. The van der Waals surface area contributed by atoms with E-state index in [1.165, 1.54) is 0 Å². The first kappa shape index (κ1) is 24.1. The van der Waals surface area contributed by atoms with Crippen LogP contribution in [0.2, 0.25) is 0 Å². The zero-order valence-corrected chi connectivity index (χ0v) is 18.3. The molecule has 0 aromatic heterocycles. The average molecular weight is 437 g/mol. The third-order valence-electron chi connectivity index (χ3n) is 4.40. The lowest BCUT2D eigenvalue weighted by atomic mass is 10.1. The number of nitrogens with one attached hydrogen (secondary N) is 3. The van der Waals surface area contributed by atoms with Crippen molar-refractivity contribution < 1.29 is 9.59 Å². The largest absolute Gasteiger partial charge is 0.369 e. The van der Waals surface area contributed by atoms with Crippen LogP contribution in [-0.4, -0.2) is 49.3 Å². The predicted molar refractivity (Wildman–Crippen MR) is 127 cm³/mol. The lowest BCUT2D eigenvalue weighted by molar-refractivity contribution is 0.0927. The van der Waals surface area contributed by atoms with Gasteiger partial charge in [-0.25, -0.2) is 0 Å². The molecule has 2 rings (SSSR count). The summed E-state index contributed by atoms with van der Waals surface area (Å²) in [6, 6.07) is 14.0. The van der Waals surface area contributed by atoms with Gasteiger partial charge in [-0.05, 0) is 49.2 Å². The maximum atomic E-state index is 12.4. The van der Waals surface area contributed by atoms with E-state index in [2.05, 4.69) is 31.4 Å². The smallest absolute Gasteiger partial charge is 0.251 e. The van der Waals surface area contributed by atoms with Crippen molar-refractivity contribution >= 4 is 29.2 Å². The normalized spacial score (nSPS) is 11.5. The van der Waals surface area contributed by atoms with Crippen molar-refractivity contribution in [1.29, 1.82) is 0 Å². The molecule has 0 radical (unpaired) electrons. The monoisotopic (exact) mass is 436 g/mol. The number of amides is 2. The fourth-order valence-electron chi connectivity index (χ4n) is 2.73. The predicted octanol–water partition coefficient (Wildman–Crippen LogP) is 0.787. The summed E-state index contributed by atoms with van der Waals surface area (Å²) in [6.45, 7) is 4.19. The third kappa shape index (κ3) is 7.24. The summed E-state index contributed by atoms with van der Waals surface area (Å²) in [7, 11) is 1.72. The second-order valence-corrected chi connectivity index (χ2v) is 6.80. The van der Waals surface area contributed by atoms with Gasteiger partial charge in [0.15, 0.2) is 0 Å². The number of guanidine groups is 1. The molecule has 32 heavy (non-hydrogen) atoms. The van der Waals surface area contributed by atoms with E-state index in [0.717, 1.165) is 16.8 Å². The molecular weight excluding hydrogens is 408 g/mol. The molecule has 10 heteroatoms. The molecule has 10 nitrogen and oxygen atoms in total. The molecule has 2 aromatic carbocycles. The number of carbonyl (C=O) groups excluding carboxylic acids is 2. The molecule has 0 aliphatic rings. The Kier molecular flexibility index (Phi) is 8.91. The Hall–Kier alpha value is -4.21. The molecule has 168 valence electrons. The zero-order chi connectivity index (χ0) is 23.5. The number of rotatable bonds is 9. The number of carbonyl (C=O) groups is 2. The van der Waals surface area contributed by atoms with Crippen LogP contribution in [0.15, 0.2) is 63.8 Å². The van der Waals surface area contributed by atoms with E-state index in [4.69, 9.17) is 11.5 Å². The zero-order valence-electron chi connectivity index (χ0n) is 18.3. The van der Waals surface area contributed by atoms with Crippen molar-refractivity contribution in [1.82, 2.24) is 16.1 Å². The van der Waals surface area contributed by atoms with E-state index in [-0.39, 0.29) is 24.3 Å². The Morgan fingerprint density at radius 2 is 1.34 bits per heavy atom. The van der Waals surface area contributed by atoms with Gasteiger partial charge in [0, 0.05) is 31.3 Å². The summed E-state index contributed by atoms with van der Waals surface area (Å²) in [5.41, 5.74) is 17.3. The Bertz CT molecular complexity index is 1040. The molecule has 0 bridgehead atoms. The first-order valence-electron chi connectivity index (χ1n) is 9.93. The quantitative estimate of drug-likeness (QED) is 0.170. The lowest BCUT2D eigenvalue weighted by Gasteiger charge is -2.09. The Morgan fingerprint density at radius 1 is 0.781 bits per heavy atom. The number of nitrogens with two attached hydrogens (primary N) is 2. The first-order valence-corrected chi connectivity index (χ1v) is 9.93. The standard InChI is InChI=1S/C22H28N8O2/c1-14(29-30-22(23)24)16-7-9-17(10-8-16)20(31)26-11-12-27-21(32)19-6-4-5-18(13-19)15(2)28-25-3/h4-10,13,25H,11-12H2,1-3H3,(H,26,31)(H,27,32)(H4,23,24,30)/b28-15+,29-14+. The van der Waals surface area contributed by atoms with Crippen molar-refractivity contribution in [3.8, 4) is 0 Å². The second kappa shape index (κ2) is 11.8. The first-order chi connectivity index (χ1) is 15.3. The van der Waals surface area contributed by atoms with Crippen molar-refractivity contribution in [2.75, 3.05) is 20.1 Å². The molecule has 0 saturated carbocycles. The Balaban J connectivity index is 1.85. The molecule has 2 aromatic rings. The van der Waals surface area contributed by atoms with Gasteiger partial charge in [0.2, 0.25) is 5.96 Å². The molecular formula is C22H28N8O2. The molecule has 0 aliphatic carbocycles. The average Bonchev–Trinajstić information content (AvgIpc) is 2.80. The molecule has 7 N–H and O–H groups in total. The maximum absolute atomic E-state index is 12.4. The van der Waals surface area contributed by atoms with Gasteiger partial charge < -0.3 is 27.5 Å². The Labute approximate surface area is 186 Å². The molecule has 0 heterocycles. The number of hydrogen-bond donors (Lipinski definition) is 5. The van der Waals surface area contributed by atoms with E-state index in [1.54, 1.807) is 56.4 Å². The molecule has 0 aliphatic heterocycles. The van der Waals surface area contributed by atoms with Crippen molar-refractivity contribution in [3.63, 3.8) is 0 Å². The highest BCUT2D eigenvalue weighted by Gasteiger charge is 2.09. The summed E-state index contributed by atoms with van der Waals surface area (Å²) in [4.78, 5) is 24.7. The van der Waals surface area contributed by atoms with Crippen LogP contribution in [0.3, 0.4) is 0 Å².